The summed E-state index contributed by atoms with van der Waals surface area (Å²) in [5.74, 6) is -0.854. The molecule has 1 heterocycles. The number of aryl methyl sites for hydroxylation is 1. The van der Waals surface area contributed by atoms with Crippen LogP contribution in [0, 0.1) is 0 Å². The first-order valence-corrected chi connectivity index (χ1v) is 5.89. The first-order valence-electron chi connectivity index (χ1n) is 5.89. The van der Waals surface area contributed by atoms with Crippen LogP contribution in [0.25, 0.3) is 0 Å². The van der Waals surface area contributed by atoms with Gasteiger partial charge in [0.2, 0.25) is 0 Å². The Morgan fingerprint density at radius 2 is 2.35 bits per heavy atom. The van der Waals surface area contributed by atoms with Crippen molar-refractivity contribution in [1.29, 1.82) is 0 Å². The molecule has 92 valence electrons. The molecule has 1 atom stereocenters. The third-order valence-electron chi connectivity index (χ3n) is 3.28. The zero-order valence-electron chi connectivity index (χ0n) is 10.0. The highest BCUT2D eigenvalue weighted by Crippen LogP contribution is 2.28. The molecule has 0 saturated carbocycles. The summed E-state index contributed by atoms with van der Waals surface area (Å²) >= 11 is 0. The van der Waals surface area contributed by atoms with Crippen molar-refractivity contribution >= 4 is 11.7 Å². The van der Waals surface area contributed by atoms with E-state index in [2.05, 4.69) is 18.0 Å². The number of carboxylic acids is 1. The predicted octanol–water partition coefficient (Wildman–Crippen LogP) is 1.54. The third-order valence-corrected chi connectivity index (χ3v) is 3.28. The van der Waals surface area contributed by atoms with Gasteiger partial charge >= 0.3 is 5.97 Å². The molecule has 0 aliphatic carbocycles. The molecule has 1 aromatic carbocycles. The lowest BCUT2D eigenvalue weighted by Crippen LogP contribution is -2.25. The molecular formula is C13H18N2O2. The fourth-order valence-corrected chi connectivity index (χ4v) is 2.34. The van der Waals surface area contributed by atoms with Gasteiger partial charge in [0, 0.05) is 25.3 Å². The second-order valence-corrected chi connectivity index (χ2v) is 4.62. The number of rotatable bonds is 3. The van der Waals surface area contributed by atoms with E-state index >= 15 is 0 Å². The Labute approximate surface area is 101 Å². The van der Waals surface area contributed by atoms with E-state index in [1.165, 1.54) is 11.3 Å². The van der Waals surface area contributed by atoms with Gasteiger partial charge < -0.3 is 15.7 Å². The number of carboxylic acid groups (broad SMARTS) is 1. The van der Waals surface area contributed by atoms with Crippen LogP contribution in [0.5, 0.6) is 0 Å². The number of nitrogens with zero attached hydrogens (tertiary/aromatic N) is 1. The number of hydrogen-bond acceptors (Lipinski definition) is 3. The van der Waals surface area contributed by atoms with Gasteiger partial charge in [0.05, 0.1) is 6.42 Å². The minimum Gasteiger partial charge on any atom is -0.481 e. The van der Waals surface area contributed by atoms with Crippen LogP contribution in [0.2, 0.25) is 0 Å². The number of nitrogens with two attached hydrogens (primary N) is 1. The standard InChI is InChI=1S/C13H18N2O2/c1-15-6-2-3-10-7-9(4-5-12(10)15)11(14)8-13(16)17/h4-5,7,11H,2-3,6,8,14H2,1H3,(H,16,17). The van der Waals surface area contributed by atoms with Crippen LogP contribution in [0.1, 0.15) is 30.0 Å². The summed E-state index contributed by atoms with van der Waals surface area (Å²) in [7, 11) is 2.08. The minimum absolute atomic E-state index is 0.0192. The van der Waals surface area contributed by atoms with E-state index in [0.717, 1.165) is 24.9 Å². The van der Waals surface area contributed by atoms with Gasteiger partial charge in [0.1, 0.15) is 0 Å². The molecule has 17 heavy (non-hydrogen) atoms. The van der Waals surface area contributed by atoms with Crippen LogP contribution in [-0.4, -0.2) is 24.7 Å². The van der Waals surface area contributed by atoms with E-state index in [0.29, 0.717) is 0 Å². The van der Waals surface area contributed by atoms with Crippen LogP contribution < -0.4 is 10.6 Å². The molecule has 0 aromatic heterocycles. The van der Waals surface area contributed by atoms with Gasteiger partial charge in [-0.1, -0.05) is 12.1 Å². The number of anilines is 1. The lowest BCUT2D eigenvalue weighted by Gasteiger charge is -2.28. The molecule has 1 aliphatic heterocycles. The van der Waals surface area contributed by atoms with Gasteiger partial charge in [-0.2, -0.15) is 0 Å². The Hall–Kier alpha value is -1.55. The Bertz CT molecular complexity index is 431. The Kier molecular flexibility index (Phi) is 3.33. The zero-order valence-corrected chi connectivity index (χ0v) is 10.0. The SMILES string of the molecule is CN1CCCc2cc(C(N)CC(=O)O)ccc21. The van der Waals surface area contributed by atoms with Gasteiger partial charge in [-0.3, -0.25) is 4.79 Å². The fraction of sp³-hybridized carbons (Fsp3) is 0.462. The highest BCUT2D eigenvalue weighted by molar-refractivity contribution is 5.68. The van der Waals surface area contributed by atoms with Crippen molar-refractivity contribution in [3.63, 3.8) is 0 Å². The highest BCUT2D eigenvalue weighted by atomic mass is 16.4. The number of aliphatic carboxylic acids is 1. The van der Waals surface area contributed by atoms with Gasteiger partial charge in [0.15, 0.2) is 0 Å². The molecule has 4 heteroatoms. The summed E-state index contributed by atoms with van der Waals surface area (Å²) < 4.78 is 0. The summed E-state index contributed by atoms with van der Waals surface area (Å²) in [6, 6.07) is 5.63. The smallest absolute Gasteiger partial charge is 0.305 e. The largest absolute Gasteiger partial charge is 0.481 e. The molecule has 4 nitrogen and oxygen atoms in total. The van der Waals surface area contributed by atoms with E-state index in [4.69, 9.17) is 10.8 Å². The van der Waals surface area contributed by atoms with E-state index in [1.807, 2.05) is 12.1 Å². The summed E-state index contributed by atoms with van der Waals surface area (Å²) in [5, 5.41) is 8.74. The van der Waals surface area contributed by atoms with Crippen molar-refractivity contribution in [2.24, 2.45) is 5.73 Å². The van der Waals surface area contributed by atoms with E-state index in [9.17, 15) is 4.79 Å². The molecule has 1 unspecified atom stereocenters. The molecule has 0 amide bonds. The van der Waals surface area contributed by atoms with E-state index < -0.39 is 12.0 Å². The monoisotopic (exact) mass is 234 g/mol. The van der Waals surface area contributed by atoms with Crippen LogP contribution >= 0.6 is 0 Å². The third kappa shape index (κ3) is 2.58. The second kappa shape index (κ2) is 4.75. The van der Waals surface area contributed by atoms with Crippen molar-refractivity contribution in [2.75, 3.05) is 18.5 Å². The molecule has 0 fully saturated rings. The highest BCUT2D eigenvalue weighted by Gasteiger charge is 2.16. The molecule has 0 spiro atoms. The van der Waals surface area contributed by atoms with Crippen LogP contribution in [-0.2, 0) is 11.2 Å². The van der Waals surface area contributed by atoms with Crippen molar-refractivity contribution in [2.45, 2.75) is 25.3 Å². The first kappa shape index (κ1) is 11.9. The maximum Gasteiger partial charge on any atom is 0.305 e. The summed E-state index contributed by atoms with van der Waals surface area (Å²) in [4.78, 5) is 12.9. The molecule has 0 saturated heterocycles. The molecule has 1 aromatic rings. The number of hydrogen-bond donors (Lipinski definition) is 2. The van der Waals surface area contributed by atoms with Crippen molar-refractivity contribution in [3.8, 4) is 0 Å². The average molecular weight is 234 g/mol. The Balaban J connectivity index is 2.24. The predicted molar refractivity (Wildman–Crippen MR) is 67.2 cm³/mol. The normalized spacial score (nSPS) is 16.5. The van der Waals surface area contributed by atoms with Gasteiger partial charge in [-0.25, -0.2) is 0 Å². The fourth-order valence-electron chi connectivity index (χ4n) is 2.34. The summed E-state index contributed by atoms with van der Waals surface area (Å²) in [5.41, 5.74) is 9.30. The number of carbonyl (C=O) groups is 1. The van der Waals surface area contributed by atoms with Crippen LogP contribution in [0.4, 0.5) is 5.69 Å². The first-order chi connectivity index (χ1) is 8.08. The number of fused-ring (bicyclic) bond motifs is 1. The molecule has 1 aliphatic rings. The van der Waals surface area contributed by atoms with Gasteiger partial charge in [-0.05, 0) is 30.0 Å². The Morgan fingerprint density at radius 1 is 1.59 bits per heavy atom. The molecule has 0 radical (unpaired) electrons. The lowest BCUT2D eigenvalue weighted by molar-refractivity contribution is -0.137. The quantitative estimate of drug-likeness (QED) is 0.832. The van der Waals surface area contributed by atoms with Crippen LogP contribution in [0.15, 0.2) is 18.2 Å². The topological polar surface area (TPSA) is 66.6 Å². The minimum atomic E-state index is -0.854. The Morgan fingerprint density at radius 3 is 3.06 bits per heavy atom. The summed E-state index contributed by atoms with van der Waals surface area (Å²) in [6.45, 7) is 1.08. The van der Waals surface area contributed by atoms with Crippen molar-refractivity contribution < 1.29 is 9.90 Å². The van der Waals surface area contributed by atoms with Gasteiger partial charge in [0.25, 0.3) is 0 Å². The van der Waals surface area contributed by atoms with E-state index in [-0.39, 0.29) is 6.42 Å². The van der Waals surface area contributed by atoms with Crippen molar-refractivity contribution in [1.82, 2.24) is 0 Å². The molecule has 0 bridgehead atoms. The maximum absolute atomic E-state index is 10.6. The van der Waals surface area contributed by atoms with Gasteiger partial charge in [-0.15, -0.1) is 0 Å². The summed E-state index contributed by atoms with van der Waals surface area (Å²) in [6.07, 6.45) is 2.17. The zero-order chi connectivity index (χ0) is 12.4. The van der Waals surface area contributed by atoms with Crippen molar-refractivity contribution in [3.05, 3.63) is 29.3 Å². The molecular weight excluding hydrogens is 216 g/mol. The molecule has 2 rings (SSSR count). The lowest BCUT2D eigenvalue weighted by atomic mass is 9.96. The second-order valence-electron chi connectivity index (χ2n) is 4.62. The van der Waals surface area contributed by atoms with E-state index in [1.54, 1.807) is 0 Å². The van der Waals surface area contributed by atoms with Crippen LogP contribution in [0.3, 0.4) is 0 Å². The average Bonchev–Trinajstić information content (AvgIpc) is 2.28. The maximum atomic E-state index is 10.6. The molecule has 3 N–H and O–H groups in total. The number of benzene rings is 1.